The van der Waals surface area contributed by atoms with Gasteiger partial charge in [0, 0.05) is 26.5 Å². The molecule has 0 aliphatic heterocycles. The van der Waals surface area contributed by atoms with Gasteiger partial charge in [0.25, 0.3) is 0 Å². The summed E-state index contributed by atoms with van der Waals surface area (Å²) in [4.78, 5) is 8.61. The zero-order valence-electron chi connectivity index (χ0n) is 7.13. The average Bonchev–Trinajstić information content (AvgIpc) is 2.03. The third kappa shape index (κ3) is 2.30. The normalized spacial score (nSPS) is 11.5. The fourth-order valence-electron chi connectivity index (χ4n) is 0.699. The van der Waals surface area contributed by atoms with Crippen LogP contribution in [0.3, 0.4) is 0 Å². The molecule has 0 fully saturated rings. The van der Waals surface area contributed by atoms with E-state index in [1.54, 1.807) is 14.1 Å². The maximum atomic E-state index is 12.0. The molecule has 0 spiro atoms. The van der Waals surface area contributed by atoms with E-state index in [1.165, 1.54) is 4.90 Å². The lowest BCUT2D eigenvalue weighted by Crippen LogP contribution is -2.14. The number of nitrogens with zero attached hydrogens (tertiary/aromatic N) is 3. The molecule has 0 bridgehead atoms. The highest BCUT2D eigenvalue weighted by Crippen LogP contribution is 2.28. The molecule has 0 aliphatic carbocycles. The van der Waals surface area contributed by atoms with Gasteiger partial charge in [-0.25, -0.2) is 9.97 Å². The van der Waals surface area contributed by atoms with Crippen molar-refractivity contribution < 1.29 is 13.2 Å². The van der Waals surface area contributed by atoms with Crippen molar-refractivity contribution >= 4 is 5.95 Å². The summed E-state index contributed by atoms with van der Waals surface area (Å²) < 4.78 is 36.1. The Morgan fingerprint density at radius 3 is 1.92 bits per heavy atom. The van der Waals surface area contributed by atoms with Crippen LogP contribution in [0, 0.1) is 0 Å². The Morgan fingerprint density at radius 1 is 1.15 bits per heavy atom. The van der Waals surface area contributed by atoms with Crippen molar-refractivity contribution in [1.29, 1.82) is 0 Å². The second-order valence-electron chi connectivity index (χ2n) is 2.66. The molecule has 6 heteroatoms. The SMILES string of the molecule is CN(C)c1ncc(C(F)(F)F)cn1. The van der Waals surface area contributed by atoms with Crippen molar-refractivity contribution in [3.05, 3.63) is 18.0 Å². The first kappa shape index (κ1) is 9.76. The Kier molecular flexibility index (Phi) is 2.40. The van der Waals surface area contributed by atoms with E-state index < -0.39 is 11.7 Å². The Morgan fingerprint density at radius 2 is 1.62 bits per heavy atom. The Labute approximate surface area is 73.2 Å². The minimum Gasteiger partial charge on any atom is -0.347 e. The maximum absolute atomic E-state index is 12.0. The first-order valence-corrected chi connectivity index (χ1v) is 3.48. The van der Waals surface area contributed by atoms with Gasteiger partial charge < -0.3 is 4.90 Å². The summed E-state index contributed by atoms with van der Waals surface area (Å²) in [6.45, 7) is 0. The Bertz CT molecular complexity index is 278. The molecule has 1 rings (SSSR count). The van der Waals surface area contributed by atoms with Crippen LogP contribution in [-0.4, -0.2) is 24.1 Å². The van der Waals surface area contributed by atoms with Crippen molar-refractivity contribution in [2.45, 2.75) is 6.18 Å². The van der Waals surface area contributed by atoms with Crippen molar-refractivity contribution in [1.82, 2.24) is 9.97 Å². The van der Waals surface area contributed by atoms with Gasteiger partial charge in [-0.05, 0) is 0 Å². The maximum Gasteiger partial charge on any atom is 0.419 e. The van der Waals surface area contributed by atoms with Crippen LogP contribution in [0.25, 0.3) is 0 Å². The Hall–Kier alpha value is -1.33. The van der Waals surface area contributed by atoms with Crippen molar-refractivity contribution in [2.24, 2.45) is 0 Å². The third-order valence-corrected chi connectivity index (χ3v) is 1.37. The monoisotopic (exact) mass is 191 g/mol. The lowest BCUT2D eigenvalue weighted by molar-refractivity contribution is -0.138. The van der Waals surface area contributed by atoms with Crippen LogP contribution >= 0.6 is 0 Å². The first-order chi connectivity index (χ1) is 5.91. The zero-order chi connectivity index (χ0) is 10.1. The molecular weight excluding hydrogens is 183 g/mol. The van der Waals surface area contributed by atoms with E-state index >= 15 is 0 Å². The standard InChI is InChI=1S/C7H8F3N3/c1-13(2)6-11-3-5(4-12-6)7(8,9)10/h3-4H,1-2H3. The molecule has 0 saturated carbocycles. The summed E-state index contributed by atoms with van der Waals surface area (Å²) in [5.41, 5.74) is -0.835. The van der Waals surface area contributed by atoms with Gasteiger partial charge in [0.15, 0.2) is 0 Å². The fraction of sp³-hybridized carbons (Fsp3) is 0.429. The van der Waals surface area contributed by atoms with E-state index in [4.69, 9.17) is 0 Å². The lowest BCUT2D eigenvalue weighted by Gasteiger charge is -2.10. The molecule has 0 aliphatic rings. The van der Waals surface area contributed by atoms with Gasteiger partial charge in [0.05, 0.1) is 5.56 Å². The summed E-state index contributed by atoms with van der Waals surface area (Å²) in [5.74, 6) is 0.257. The fourth-order valence-corrected chi connectivity index (χ4v) is 0.699. The molecule has 0 aromatic carbocycles. The topological polar surface area (TPSA) is 29.0 Å². The van der Waals surface area contributed by atoms with Gasteiger partial charge >= 0.3 is 6.18 Å². The highest BCUT2D eigenvalue weighted by atomic mass is 19.4. The van der Waals surface area contributed by atoms with E-state index in [0.29, 0.717) is 0 Å². The minimum atomic E-state index is -4.37. The van der Waals surface area contributed by atoms with Gasteiger partial charge in [0.1, 0.15) is 0 Å². The predicted molar refractivity (Wildman–Crippen MR) is 41.4 cm³/mol. The molecule has 1 aromatic heterocycles. The van der Waals surface area contributed by atoms with Gasteiger partial charge in [-0.3, -0.25) is 0 Å². The molecule has 0 unspecified atom stereocenters. The number of halogens is 3. The molecular formula is C7H8F3N3. The summed E-state index contributed by atoms with van der Waals surface area (Å²) >= 11 is 0. The van der Waals surface area contributed by atoms with Crippen LogP contribution in [0.15, 0.2) is 12.4 Å². The number of anilines is 1. The molecule has 0 amide bonds. The van der Waals surface area contributed by atoms with E-state index in [0.717, 1.165) is 12.4 Å². The third-order valence-electron chi connectivity index (χ3n) is 1.37. The van der Waals surface area contributed by atoms with E-state index in [2.05, 4.69) is 9.97 Å². The van der Waals surface area contributed by atoms with Crippen LogP contribution in [0.2, 0.25) is 0 Å². The molecule has 72 valence electrons. The number of alkyl halides is 3. The number of aromatic nitrogens is 2. The van der Waals surface area contributed by atoms with E-state index in [1.807, 2.05) is 0 Å². The van der Waals surface area contributed by atoms with Crippen molar-refractivity contribution in [3.63, 3.8) is 0 Å². The van der Waals surface area contributed by atoms with Gasteiger partial charge in [-0.2, -0.15) is 13.2 Å². The van der Waals surface area contributed by atoms with Crippen LogP contribution in [0.1, 0.15) is 5.56 Å². The van der Waals surface area contributed by atoms with Crippen LogP contribution < -0.4 is 4.90 Å². The van der Waals surface area contributed by atoms with Gasteiger partial charge in [-0.15, -0.1) is 0 Å². The summed E-state index contributed by atoms with van der Waals surface area (Å²) in [6.07, 6.45) is -2.84. The highest BCUT2D eigenvalue weighted by molar-refractivity contribution is 5.27. The molecule has 0 saturated heterocycles. The van der Waals surface area contributed by atoms with Crippen molar-refractivity contribution in [3.8, 4) is 0 Å². The summed E-state index contributed by atoms with van der Waals surface area (Å²) in [7, 11) is 3.31. The molecule has 0 radical (unpaired) electrons. The molecule has 0 N–H and O–H groups in total. The molecule has 1 aromatic rings. The van der Waals surface area contributed by atoms with Gasteiger partial charge in [-0.1, -0.05) is 0 Å². The largest absolute Gasteiger partial charge is 0.419 e. The second-order valence-corrected chi connectivity index (χ2v) is 2.66. The zero-order valence-corrected chi connectivity index (χ0v) is 7.13. The van der Waals surface area contributed by atoms with E-state index in [-0.39, 0.29) is 5.95 Å². The van der Waals surface area contributed by atoms with Crippen molar-refractivity contribution in [2.75, 3.05) is 19.0 Å². The molecule has 13 heavy (non-hydrogen) atoms. The van der Waals surface area contributed by atoms with E-state index in [9.17, 15) is 13.2 Å². The second kappa shape index (κ2) is 3.20. The number of hydrogen-bond donors (Lipinski definition) is 0. The smallest absolute Gasteiger partial charge is 0.347 e. The molecule has 0 atom stereocenters. The predicted octanol–water partition coefficient (Wildman–Crippen LogP) is 1.56. The summed E-state index contributed by atoms with van der Waals surface area (Å²) in [5, 5.41) is 0. The quantitative estimate of drug-likeness (QED) is 0.674. The minimum absolute atomic E-state index is 0.257. The lowest BCUT2D eigenvalue weighted by atomic mass is 10.3. The molecule has 3 nitrogen and oxygen atoms in total. The van der Waals surface area contributed by atoms with Crippen LogP contribution in [0.4, 0.5) is 19.1 Å². The highest BCUT2D eigenvalue weighted by Gasteiger charge is 2.31. The van der Waals surface area contributed by atoms with Crippen LogP contribution in [0.5, 0.6) is 0 Å². The first-order valence-electron chi connectivity index (χ1n) is 3.48. The van der Waals surface area contributed by atoms with Gasteiger partial charge in [0.2, 0.25) is 5.95 Å². The van der Waals surface area contributed by atoms with Crippen LogP contribution in [-0.2, 0) is 6.18 Å². The Balaban J connectivity index is 2.94. The number of rotatable bonds is 1. The summed E-state index contributed by atoms with van der Waals surface area (Å²) in [6, 6.07) is 0. The number of hydrogen-bond acceptors (Lipinski definition) is 3. The molecule has 1 heterocycles. The average molecular weight is 191 g/mol.